The lowest BCUT2D eigenvalue weighted by Gasteiger charge is -2.05. The number of nitrogens with zero attached hydrogens (tertiary/aromatic N) is 3. The van der Waals surface area contributed by atoms with Gasteiger partial charge in [0.2, 0.25) is 0 Å². The minimum atomic E-state index is -0.629. The lowest BCUT2D eigenvalue weighted by atomic mass is 10.2. The molecule has 0 fully saturated rings. The summed E-state index contributed by atoms with van der Waals surface area (Å²) in [4.78, 5) is 10.2. The zero-order chi connectivity index (χ0) is 13.8. The molecule has 0 spiro atoms. The van der Waals surface area contributed by atoms with Gasteiger partial charge in [-0.3, -0.25) is 14.8 Å². The Bertz CT molecular complexity index is 597. The van der Waals surface area contributed by atoms with Crippen molar-refractivity contribution in [1.29, 1.82) is 0 Å². The first-order valence-corrected chi connectivity index (χ1v) is 5.79. The highest BCUT2D eigenvalue weighted by Crippen LogP contribution is 2.25. The molecule has 0 saturated carbocycles. The van der Waals surface area contributed by atoms with Gasteiger partial charge in [0, 0.05) is 24.8 Å². The number of aromatic nitrogens is 2. The molecule has 1 aromatic heterocycles. The number of nitro groups is 1. The number of rotatable bonds is 5. The normalized spacial score (nSPS) is 10.4. The van der Waals surface area contributed by atoms with E-state index in [1.165, 1.54) is 12.1 Å². The summed E-state index contributed by atoms with van der Waals surface area (Å²) in [7, 11) is 0. The van der Waals surface area contributed by atoms with Crippen LogP contribution in [0.1, 0.15) is 12.5 Å². The van der Waals surface area contributed by atoms with E-state index in [1.54, 1.807) is 10.9 Å². The summed E-state index contributed by atoms with van der Waals surface area (Å²) in [6.45, 7) is 3.12. The van der Waals surface area contributed by atoms with E-state index in [2.05, 4.69) is 10.4 Å². The molecule has 7 heteroatoms. The van der Waals surface area contributed by atoms with Crippen molar-refractivity contribution in [3.05, 3.63) is 52.1 Å². The van der Waals surface area contributed by atoms with Crippen LogP contribution in [0.5, 0.6) is 0 Å². The van der Waals surface area contributed by atoms with Crippen LogP contribution >= 0.6 is 0 Å². The van der Waals surface area contributed by atoms with E-state index in [0.29, 0.717) is 6.54 Å². The first-order valence-electron chi connectivity index (χ1n) is 5.79. The van der Waals surface area contributed by atoms with Gasteiger partial charge in [0.05, 0.1) is 17.2 Å². The Hall–Kier alpha value is -2.44. The van der Waals surface area contributed by atoms with Crippen molar-refractivity contribution in [3.63, 3.8) is 0 Å². The van der Waals surface area contributed by atoms with Crippen LogP contribution in [0.15, 0.2) is 30.6 Å². The van der Waals surface area contributed by atoms with Crippen LogP contribution in [0.3, 0.4) is 0 Å². The third kappa shape index (κ3) is 3.06. The second-order valence-electron chi connectivity index (χ2n) is 3.98. The third-order valence-electron chi connectivity index (χ3n) is 2.65. The fourth-order valence-corrected chi connectivity index (χ4v) is 1.67. The molecule has 1 aromatic carbocycles. The van der Waals surface area contributed by atoms with Crippen molar-refractivity contribution in [1.82, 2.24) is 9.78 Å². The number of nitrogens with one attached hydrogen (secondary N) is 1. The summed E-state index contributed by atoms with van der Waals surface area (Å²) < 4.78 is 14.7. The Labute approximate surface area is 109 Å². The monoisotopic (exact) mass is 264 g/mol. The fourth-order valence-electron chi connectivity index (χ4n) is 1.67. The van der Waals surface area contributed by atoms with Crippen molar-refractivity contribution in [2.75, 3.05) is 5.32 Å². The fraction of sp³-hybridized carbons (Fsp3) is 0.250. The van der Waals surface area contributed by atoms with Crippen LogP contribution in [0.25, 0.3) is 0 Å². The van der Waals surface area contributed by atoms with Gasteiger partial charge >= 0.3 is 0 Å². The Balaban J connectivity index is 2.12. The molecule has 1 N–H and O–H groups in total. The first-order chi connectivity index (χ1) is 9.10. The summed E-state index contributed by atoms with van der Waals surface area (Å²) in [6, 6.07) is 3.44. The SMILES string of the molecule is CCn1cc(CNc2ccc(F)cc2[N+](=O)[O-])cn1. The standard InChI is InChI=1S/C12H13FN4O2/c1-2-16-8-9(7-15-16)6-14-11-4-3-10(13)5-12(11)17(18)19/h3-5,7-8,14H,2,6H2,1H3. The van der Waals surface area contributed by atoms with Gasteiger partial charge in [-0.25, -0.2) is 4.39 Å². The summed E-state index contributed by atoms with van der Waals surface area (Å²) in [5, 5.41) is 17.8. The largest absolute Gasteiger partial charge is 0.375 e. The van der Waals surface area contributed by atoms with Crippen LogP contribution in [0.4, 0.5) is 15.8 Å². The van der Waals surface area contributed by atoms with E-state index in [4.69, 9.17) is 0 Å². The summed E-state index contributed by atoms with van der Waals surface area (Å²) >= 11 is 0. The molecule has 0 aliphatic rings. The minimum Gasteiger partial charge on any atom is -0.375 e. The number of anilines is 1. The molecule has 0 amide bonds. The molecule has 0 bridgehead atoms. The van der Waals surface area contributed by atoms with Crippen molar-refractivity contribution < 1.29 is 9.31 Å². The maximum Gasteiger partial charge on any atom is 0.295 e. The molecular formula is C12H13FN4O2. The zero-order valence-corrected chi connectivity index (χ0v) is 10.3. The highest BCUT2D eigenvalue weighted by atomic mass is 19.1. The van der Waals surface area contributed by atoms with Crippen LogP contribution < -0.4 is 5.32 Å². The van der Waals surface area contributed by atoms with Crippen molar-refractivity contribution in [2.24, 2.45) is 0 Å². The molecule has 6 nitrogen and oxygen atoms in total. The zero-order valence-electron chi connectivity index (χ0n) is 10.3. The van der Waals surface area contributed by atoms with E-state index in [0.717, 1.165) is 18.2 Å². The Morgan fingerprint density at radius 2 is 2.32 bits per heavy atom. The quantitative estimate of drug-likeness (QED) is 0.665. The molecule has 100 valence electrons. The lowest BCUT2D eigenvalue weighted by molar-refractivity contribution is -0.384. The highest BCUT2D eigenvalue weighted by molar-refractivity contribution is 5.61. The van der Waals surface area contributed by atoms with E-state index in [-0.39, 0.29) is 11.4 Å². The Kier molecular flexibility index (Phi) is 3.74. The van der Waals surface area contributed by atoms with Gasteiger partial charge in [-0.2, -0.15) is 5.10 Å². The second-order valence-corrected chi connectivity index (χ2v) is 3.98. The molecule has 0 radical (unpaired) electrons. The number of nitro benzene ring substituents is 1. The van der Waals surface area contributed by atoms with E-state index in [1.807, 2.05) is 13.1 Å². The maximum absolute atomic E-state index is 13.0. The average Bonchev–Trinajstić information content (AvgIpc) is 2.85. The van der Waals surface area contributed by atoms with Gasteiger partial charge in [0.15, 0.2) is 0 Å². The van der Waals surface area contributed by atoms with Crippen LogP contribution in [0, 0.1) is 15.9 Å². The molecular weight excluding hydrogens is 251 g/mol. The summed E-state index contributed by atoms with van der Waals surface area (Å²) in [5.41, 5.74) is 0.916. The molecule has 0 atom stereocenters. The van der Waals surface area contributed by atoms with Crippen LogP contribution in [0.2, 0.25) is 0 Å². The molecule has 0 saturated heterocycles. The molecule has 19 heavy (non-hydrogen) atoms. The summed E-state index contributed by atoms with van der Waals surface area (Å²) in [6.07, 6.45) is 3.54. The van der Waals surface area contributed by atoms with E-state index in [9.17, 15) is 14.5 Å². The Morgan fingerprint density at radius 3 is 2.95 bits per heavy atom. The van der Waals surface area contributed by atoms with Gasteiger partial charge in [0.25, 0.3) is 5.69 Å². The minimum absolute atomic E-state index is 0.275. The number of aryl methyl sites for hydroxylation is 1. The predicted molar refractivity (Wildman–Crippen MR) is 68.3 cm³/mol. The van der Waals surface area contributed by atoms with Gasteiger partial charge < -0.3 is 5.32 Å². The Morgan fingerprint density at radius 1 is 1.53 bits per heavy atom. The number of benzene rings is 1. The highest BCUT2D eigenvalue weighted by Gasteiger charge is 2.14. The van der Waals surface area contributed by atoms with Crippen LogP contribution in [-0.2, 0) is 13.1 Å². The van der Waals surface area contributed by atoms with Gasteiger partial charge in [-0.1, -0.05) is 0 Å². The second kappa shape index (κ2) is 5.47. The molecule has 2 rings (SSSR count). The molecule has 2 aromatic rings. The average molecular weight is 264 g/mol. The van der Waals surface area contributed by atoms with E-state index >= 15 is 0 Å². The molecule has 1 heterocycles. The third-order valence-corrected chi connectivity index (χ3v) is 2.65. The summed E-state index contributed by atoms with van der Waals surface area (Å²) in [5.74, 6) is -0.629. The predicted octanol–water partition coefficient (Wildman–Crippen LogP) is 2.56. The van der Waals surface area contributed by atoms with Gasteiger partial charge in [-0.15, -0.1) is 0 Å². The van der Waals surface area contributed by atoms with Gasteiger partial charge in [-0.05, 0) is 19.1 Å². The first kappa shape index (κ1) is 13.0. The van der Waals surface area contributed by atoms with Crippen LogP contribution in [-0.4, -0.2) is 14.7 Å². The molecule has 0 unspecified atom stereocenters. The van der Waals surface area contributed by atoms with Crippen molar-refractivity contribution >= 4 is 11.4 Å². The van der Waals surface area contributed by atoms with Crippen molar-refractivity contribution in [3.8, 4) is 0 Å². The van der Waals surface area contributed by atoms with Crippen molar-refractivity contribution in [2.45, 2.75) is 20.0 Å². The smallest absolute Gasteiger partial charge is 0.295 e. The number of hydrogen-bond donors (Lipinski definition) is 1. The lowest BCUT2D eigenvalue weighted by Crippen LogP contribution is -2.02. The molecule has 0 aliphatic heterocycles. The topological polar surface area (TPSA) is 73.0 Å². The number of halogens is 1. The van der Waals surface area contributed by atoms with Gasteiger partial charge in [0.1, 0.15) is 11.5 Å². The molecule has 0 aliphatic carbocycles. The maximum atomic E-state index is 13.0. The van der Waals surface area contributed by atoms with E-state index < -0.39 is 10.7 Å². The number of hydrogen-bond acceptors (Lipinski definition) is 4.